The lowest BCUT2D eigenvalue weighted by Crippen LogP contribution is -2.44. The number of nitrogens with zero attached hydrogens (tertiary/aromatic N) is 3. The van der Waals surface area contributed by atoms with Crippen molar-refractivity contribution in [1.29, 1.82) is 0 Å². The molecule has 0 aliphatic carbocycles. The first-order chi connectivity index (χ1) is 12.3. The molecular formula is C18H23N3O4S. The molecule has 3 aliphatic heterocycles. The first-order valence-electron chi connectivity index (χ1n) is 8.65. The summed E-state index contributed by atoms with van der Waals surface area (Å²) in [5.74, 6) is -1.08. The number of hydrogen-bond donors (Lipinski definition) is 0. The van der Waals surface area contributed by atoms with Crippen molar-refractivity contribution in [3.05, 3.63) is 48.5 Å². The van der Waals surface area contributed by atoms with Crippen molar-refractivity contribution in [3.8, 4) is 0 Å². The second-order valence-electron chi connectivity index (χ2n) is 6.62. The van der Waals surface area contributed by atoms with Crippen LogP contribution in [-0.4, -0.2) is 59.7 Å². The average molecular weight is 377 g/mol. The largest absolute Gasteiger partial charge is 0.345 e. The van der Waals surface area contributed by atoms with Crippen molar-refractivity contribution in [2.24, 2.45) is 5.92 Å². The molecule has 0 saturated carbocycles. The molecule has 0 aromatic heterocycles. The molecule has 7 nitrogen and oxygen atoms in total. The predicted molar refractivity (Wildman–Crippen MR) is 97.8 cm³/mol. The van der Waals surface area contributed by atoms with Crippen molar-refractivity contribution in [2.45, 2.75) is 25.8 Å². The summed E-state index contributed by atoms with van der Waals surface area (Å²) < 4.78 is 25.1. The zero-order chi connectivity index (χ0) is 18.9. The van der Waals surface area contributed by atoms with Crippen LogP contribution >= 0.6 is 0 Å². The Kier molecular flexibility index (Phi) is 5.04. The van der Waals surface area contributed by atoms with E-state index in [0.717, 1.165) is 17.0 Å². The highest BCUT2D eigenvalue weighted by molar-refractivity contribution is 7.89. The van der Waals surface area contributed by atoms with Gasteiger partial charge in [0.15, 0.2) is 0 Å². The minimum atomic E-state index is -3.70. The Bertz CT molecular complexity index is 809. The molecule has 1 saturated heterocycles. The van der Waals surface area contributed by atoms with Gasteiger partial charge in [-0.1, -0.05) is 25.5 Å². The van der Waals surface area contributed by atoms with Gasteiger partial charge >= 0.3 is 0 Å². The van der Waals surface area contributed by atoms with Gasteiger partial charge in [0.1, 0.15) is 6.54 Å². The van der Waals surface area contributed by atoms with Gasteiger partial charge in [0.25, 0.3) is 0 Å². The minimum absolute atomic E-state index is 0.137. The summed E-state index contributed by atoms with van der Waals surface area (Å²) in [6, 6.07) is -0.497. The zero-order valence-electron chi connectivity index (χ0n) is 14.9. The van der Waals surface area contributed by atoms with Crippen molar-refractivity contribution in [2.75, 3.05) is 19.3 Å². The van der Waals surface area contributed by atoms with E-state index in [1.807, 2.05) is 31.2 Å². The van der Waals surface area contributed by atoms with Gasteiger partial charge < -0.3 is 9.80 Å². The highest BCUT2D eigenvalue weighted by atomic mass is 32.2. The lowest BCUT2D eigenvalue weighted by Gasteiger charge is -2.28. The molecule has 0 aromatic rings. The number of carbonyl (C=O) groups excluding carboxylic acids is 2. The molecule has 0 spiro atoms. The monoisotopic (exact) mass is 377 g/mol. The Hall–Kier alpha value is -2.35. The molecule has 8 heteroatoms. The third-order valence-electron chi connectivity index (χ3n) is 4.73. The van der Waals surface area contributed by atoms with Gasteiger partial charge in [0.05, 0.1) is 23.9 Å². The molecule has 140 valence electrons. The summed E-state index contributed by atoms with van der Waals surface area (Å²) in [7, 11) is -3.70. The fourth-order valence-corrected chi connectivity index (χ4v) is 4.71. The molecule has 3 aliphatic rings. The van der Waals surface area contributed by atoms with E-state index in [0.29, 0.717) is 18.7 Å². The number of carbonyl (C=O) groups is 2. The minimum Gasteiger partial charge on any atom is -0.345 e. The van der Waals surface area contributed by atoms with E-state index in [-0.39, 0.29) is 12.5 Å². The summed E-state index contributed by atoms with van der Waals surface area (Å²) in [4.78, 5) is 28.9. The van der Waals surface area contributed by atoms with E-state index in [2.05, 4.69) is 0 Å². The molecule has 0 bridgehead atoms. The maximum Gasteiger partial charge on any atom is 0.246 e. The molecule has 0 unspecified atom stereocenters. The number of allylic oxidation sites excluding steroid dienone is 4. The fourth-order valence-electron chi connectivity index (χ4n) is 3.68. The SMILES string of the molecule is CCC[C@H]1C(=O)N(S(C)(=O)=O)C2=CCN(C(=O)CN3C=CC=CC=C3)[C@@H]21. The van der Waals surface area contributed by atoms with Crippen LogP contribution in [0.1, 0.15) is 19.8 Å². The van der Waals surface area contributed by atoms with Crippen LogP contribution in [0.15, 0.2) is 48.5 Å². The predicted octanol–water partition coefficient (Wildman–Crippen LogP) is 1.20. The maximum absolute atomic E-state index is 12.9. The highest BCUT2D eigenvalue weighted by Gasteiger charge is 2.53. The average Bonchev–Trinajstić information content (AvgIpc) is 2.96. The Balaban J connectivity index is 1.83. The van der Waals surface area contributed by atoms with Crippen LogP contribution in [0, 0.1) is 5.92 Å². The number of hydrogen-bond acceptors (Lipinski definition) is 5. The second kappa shape index (κ2) is 7.11. The second-order valence-corrected chi connectivity index (χ2v) is 8.45. The summed E-state index contributed by atoms with van der Waals surface area (Å²) in [5.41, 5.74) is 0.424. The zero-order valence-corrected chi connectivity index (χ0v) is 15.7. The van der Waals surface area contributed by atoms with Crippen LogP contribution in [0.3, 0.4) is 0 Å². The highest BCUT2D eigenvalue weighted by Crippen LogP contribution is 2.40. The number of rotatable bonds is 5. The maximum atomic E-state index is 12.9. The smallest absolute Gasteiger partial charge is 0.246 e. The first-order valence-corrected chi connectivity index (χ1v) is 10.5. The Morgan fingerprint density at radius 2 is 1.85 bits per heavy atom. The molecule has 2 atom stereocenters. The van der Waals surface area contributed by atoms with Crippen molar-refractivity contribution in [3.63, 3.8) is 0 Å². The van der Waals surface area contributed by atoms with Crippen LogP contribution in [0.2, 0.25) is 0 Å². The molecular weight excluding hydrogens is 354 g/mol. The van der Waals surface area contributed by atoms with Crippen molar-refractivity contribution >= 4 is 21.8 Å². The number of fused-ring (bicyclic) bond motifs is 1. The van der Waals surface area contributed by atoms with Crippen molar-refractivity contribution in [1.82, 2.24) is 14.1 Å². The fraction of sp³-hybridized carbons (Fsp3) is 0.444. The summed E-state index contributed by atoms with van der Waals surface area (Å²) in [6.07, 6.45) is 15.0. The van der Waals surface area contributed by atoms with Gasteiger partial charge in [-0.2, -0.15) is 0 Å². The van der Waals surface area contributed by atoms with E-state index >= 15 is 0 Å². The molecule has 3 heterocycles. The lowest BCUT2D eigenvalue weighted by atomic mass is 9.96. The van der Waals surface area contributed by atoms with E-state index in [9.17, 15) is 18.0 Å². The molecule has 0 radical (unpaired) electrons. The standard InChI is InChI=1S/C18H23N3O4S/c1-3-8-14-17-15(21(18(14)23)26(2,24)25)9-12-20(17)16(22)13-19-10-6-4-5-7-11-19/h4-7,9-11,14,17H,3,8,12-13H2,1-2H3/t14-,17-/m1/s1. The Labute approximate surface area is 154 Å². The van der Waals surface area contributed by atoms with E-state index < -0.39 is 27.9 Å². The topological polar surface area (TPSA) is 78.0 Å². The van der Waals surface area contributed by atoms with Crippen molar-refractivity contribution < 1.29 is 18.0 Å². The van der Waals surface area contributed by atoms with Crippen LogP contribution in [0.4, 0.5) is 0 Å². The van der Waals surface area contributed by atoms with Gasteiger partial charge in [-0.3, -0.25) is 9.59 Å². The van der Waals surface area contributed by atoms with Gasteiger partial charge in [-0.15, -0.1) is 0 Å². The summed E-state index contributed by atoms with van der Waals surface area (Å²) in [6.45, 7) is 2.40. The Morgan fingerprint density at radius 3 is 2.42 bits per heavy atom. The molecule has 1 fully saturated rings. The van der Waals surface area contributed by atoms with Crippen LogP contribution in [0.5, 0.6) is 0 Å². The number of amides is 2. The van der Waals surface area contributed by atoms with Crippen LogP contribution in [-0.2, 0) is 19.6 Å². The third kappa shape index (κ3) is 3.33. The molecule has 3 rings (SSSR count). The van der Waals surface area contributed by atoms with E-state index in [4.69, 9.17) is 0 Å². The normalized spacial score (nSPS) is 24.9. The Morgan fingerprint density at radius 1 is 1.19 bits per heavy atom. The van der Waals surface area contributed by atoms with Gasteiger partial charge in [0.2, 0.25) is 21.8 Å². The van der Waals surface area contributed by atoms with Gasteiger partial charge in [0, 0.05) is 18.9 Å². The molecule has 0 aromatic carbocycles. The third-order valence-corrected chi connectivity index (χ3v) is 5.78. The van der Waals surface area contributed by atoms with Crippen LogP contribution in [0.25, 0.3) is 0 Å². The molecule has 2 amide bonds. The van der Waals surface area contributed by atoms with Gasteiger partial charge in [-0.05, 0) is 24.6 Å². The van der Waals surface area contributed by atoms with E-state index in [1.54, 1.807) is 28.3 Å². The summed E-state index contributed by atoms with van der Waals surface area (Å²) in [5, 5.41) is 0. The van der Waals surface area contributed by atoms with Gasteiger partial charge in [-0.25, -0.2) is 12.7 Å². The number of sulfonamides is 1. The lowest BCUT2D eigenvalue weighted by molar-refractivity contribution is -0.133. The van der Waals surface area contributed by atoms with E-state index in [1.165, 1.54) is 0 Å². The molecule has 26 heavy (non-hydrogen) atoms. The quantitative estimate of drug-likeness (QED) is 0.719. The van der Waals surface area contributed by atoms with Crippen LogP contribution < -0.4 is 0 Å². The first kappa shape index (κ1) is 18.4. The summed E-state index contributed by atoms with van der Waals surface area (Å²) >= 11 is 0. The molecule has 0 N–H and O–H groups in total.